The minimum atomic E-state index is -0.667. The van der Waals surface area contributed by atoms with E-state index in [2.05, 4.69) is 32.6 Å². The van der Waals surface area contributed by atoms with Crippen molar-refractivity contribution < 1.29 is 8.78 Å². The van der Waals surface area contributed by atoms with E-state index in [4.69, 9.17) is 0 Å². The van der Waals surface area contributed by atoms with Crippen LogP contribution >= 0.6 is 27.3 Å². The summed E-state index contributed by atoms with van der Waals surface area (Å²) >= 11 is 4.84. The molecule has 0 atom stereocenters. The lowest BCUT2D eigenvalue weighted by Crippen LogP contribution is -2.12. The van der Waals surface area contributed by atoms with E-state index in [1.165, 1.54) is 29.7 Å². The average Bonchev–Trinajstić information content (AvgIpc) is 3.02. The first-order valence-corrected chi connectivity index (χ1v) is 9.33. The number of hydrogen-bond donors (Lipinski definition) is 0. The highest BCUT2D eigenvalue weighted by molar-refractivity contribution is 9.10. The molecular weight excluding hydrogens is 420 g/mol. The van der Waals surface area contributed by atoms with Crippen LogP contribution in [0.3, 0.4) is 0 Å². The summed E-state index contributed by atoms with van der Waals surface area (Å²) in [6.45, 7) is 4.11. The molecule has 1 heterocycles. The Kier molecular flexibility index (Phi) is 5.90. The van der Waals surface area contributed by atoms with Crippen LogP contribution in [0.2, 0.25) is 0 Å². The highest BCUT2D eigenvalue weighted by atomic mass is 79.9. The fourth-order valence-electron chi connectivity index (χ4n) is 2.21. The van der Waals surface area contributed by atoms with E-state index in [-0.39, 0.29) is 5.56 Å². The van der Waals surface area contributed by atoms with Crippen LogP contribution < -0.4 is 4.80 Å². The monoisotopic (exact) mass is 433 g/mol. The molecule has 7 heteroatoms. The van der Waals surface area contributed by atoms with Gasteiger partial charge in [-0.1, -0.05) is 34.1 Å². The van der Waals surface area contributed by atoms with Crippen molar-refractivity contribution >= 4 is 33.5 Å². The van der Waals surface area contributed by atoms with Gasteiger partial charge in [-0.05, 0) is 24.3 Å². The van der Waals surface area contributed by atoms with Crippen LogP contribution in [0.1, 0.15) is 5.56 Å². The molecule has 0 spiro atoms. The van der Waals surface area contributed by atoms with Gasteiger partial charge in [-0.2, -0.15) is 5.10 Å². The number of thiazole rings is 1. The molecular formula is C19H14BrF2N3S. The summed E-state index contributed by atoms with van der Waals surface area (Å²) in [5.74, 6) is -1.29. The molecule has 0 saturated heterocycles. The van der Waals surface area contributed by atoms with Gasteiger partial charge in [0.1, 0.15) is 11.6 Å². The largest absolute Gasteiger partial charge is 0.253 e. The Morgan fingerprint density at radius 3 is 2.62 bits per heavy atom. The lowest BCUT2D eigenvalue weighted by molar-refractivity contribution is 0.582. The maximum Gasteiger partial charge on any atom is 0.206 e. The Balaban J connectivity index is 2.08. The zero-order chi connectivity index (χ0) is 18.5. The summed E-state index contributed by atoms with van der Waals surface area (Å²) in [5, 5.41) is 6.31. The number of benzene rings is 2. The normalized spacial score (nSPS) is 12.0. The molecule has 0 radical (unpaired) electrons. The fourth-order valence-corrected chi connectivity index (χ4v) is 3.32. The highest BCUT2D eigenvalue weighted by Crippen LogP contribution is 2.22. The van der Waals surface area contributed by atoms with E-state index >= 15 is 0 Å². The number of halogens is 3. The van der Waals surface area contributed by atoms with Crippen molar-refractivity contribution in [3.8, 4) is 11.3 Å². The number of hydrogen-bond acceptors (Lipinski definition) is 3. The third-order valence-corrected chi connectivity index (χ3v) is 4.84. The van der Waals surface area contributed by atoms with Crippen LogP contribution in [-0.2, 0) is 0 Å². The Bertz CT molecular complexity index is 1020. The number of aromatic nitrogens is 1. The smallest absolute Gasteiger partial charge is 0.206 e. The lowest BCUT2D eigenvalue weighted by atomic mass is 10.2. The zero-order valence-electron chi connectivity index (χ0n) is 13.6. The Labute approximate surface area is 161 Å². The fraction of sp³-hybridized carbons (Fsp3) is 0.0526. The van der Waals surface area contributed by atoms with E-state index in [9.17, 15) is 8.78 Å². The molecule has 2 aromatic carbocycles. The third-order valence-electron chi connectivity index (χ3n) is 3.46. The molecule has 0 aliphatic rings. The van der Waals surface area contributed by atoms with Gasteiger partial charge < -0.3 is 0 Å². The van der Waals surface area contributed by atoms with Gasteiger partial charge in [0.2, 0.25) is 4.80 Å². The molecule has 3 rings (SSSR count). The van der Waals surface area contributed by atoms with Crippen molar-refractivity contribution in [1.82, 2.24) is 4.68 Å². The first-order valence-electron chi connectivity index (χ1n) is 7.66. The van der Waals surface area contributed by atoms with Crippen molar-refractivity contribution in [2.75, 3.05) is 6.54 Å². The molecule has 0 aliphatic heterocycles. The van der Waals surface area contributed by atoms with Gasteiger partial charge >= 0.3 is 0 Å². The molecule has 26 heavy (non-hydrogen) atoms. The Morgan fingerprint density at radius 2 is 1.92 bits per heavy atom. The molecule has 3 nitrogen and oxygen atoms in total. The minimum Gasteiger partial charge on any atom is -0.253 e. The van der Waals surface area contributed by atoms with Crippen LogP contribution in [0.15, 0.2) is 75.1 Å². The van der Waals surface area contributed by atoms with Gasteiger partial charge in [-0.25, -0.2) is 13.5 Å². The molecule has 0 aliphatic carbocycles. The van der Waals surface area contributed by atoms with Crippen molar-refractivity contribution in [1.29, 1.82) is 0 Å². The summed E-state index contributed by atoms with van der Waals surface area (Å²) in [6, 6.07) is 11.1. The topological polar surface area (TPSA) is 29.6 Å². The van der Waals surface area contributed by atoms with Crippen LogP contribution in [0.25, 0.3) is 11.3 Å². The SMILES string of the molecule is C=CCN=c1scc(-c2ccc(Br)cc2)n1N=Cc1ccc(F)cc1F. The van der Waals surface area contributed by atoms with E-state index in [0.29, 0.717) is 11.3 Å². The summed E-state index contributed by atoms with van der Waals surface area (Å²) in [7, 11) is 0. The van der Waals surface area contributed by atoms with Gasteiger partial charge in [0.05, 0.1) is 18.5 Å². The van der Waals surface area contributed by atoms with Crippen LogP contribution in [0.5, 0.6) is 0 Å². The minimum absolute atomic E-state index is 0.196. The quantitative estimate of drug-likeness (QED) is 0.389. The Morgan fingerprint density at radius 1 is 1.15 bits per heavy atom. The van der Waals surface area contributed by atoms with Crippen molar-refractivity contribution in [2.24, 2.45) is 10.1 Å². The first-order chi connectivity index (χ1) is 12.6. The standard InChI is InChI=1S/C19H14BrF2N3S/c1-2-9-23-19-25(24-11-14-5-8-16(21)10-17(14)22)18(12-26-19)13-3-6-15(20)7-4-13/h2-8,10-12H,1,9H2. The van der Waals surface area contributed by atoms with Crippen molar-refractivity contribution in [3.63, 3.8) is 0 Å². The number of rotatable bonds is 5. The van der Waals surface area contributed by atoms with Crippen molar-refractivity contribution in [3.05, 3.63) is 87.0 Å². The van der Waals surface area contributed by atoms with E-state index in [1.807, 2.05) is 29.6 Å². The molecule has 132 valence electrons. The summed E-state index contributed by atoms with van der Waals surface area (Å²) < 4.78 is 29.5. The van der Waals surface area contributed by atoms with E-state index < -0.39 is 11.6 Å². The summed E-state index contributed by atoms with van der Waals surface area (Å²) in [5.41, 5.74) is 1.96. The maximum atomic E-state index is 13.9. The molecule has 0 bridgehead atoms. The second kappa shape index (κ2) is 8.33. The Hall–Kier alpha value is -2.38. The lowest BCUT2D eigenvalue weighted by Gasteiger charge is -2.04. The molecule has 0 fully saturated rings. The van der Waals surface area contributed by atoms with Gasteiger partial charge in [-0.15, -0.1) is 17.9 Å². The van der Waals surface area contributed by atoms with Crippen LogP contribution in [0, 0.1) is 11.6 Å². The predicted octanol–water partition coefficient (Wildman–Crippen LogP) is 5.23. The van der Waals surface area contributed by atoms with E-state index in [1.54, 1.807) is 10.8 Å². The van der Waals surface area contributed by atoms with Gasteiger partial charge in [0.15, 0.2) is 0 Å². The molecule has 0 N–H and O–H groups in total. The number of nitrogens with zero attached hydrogens (tertiary/aromatic N) is 3. The van der Waals surface area contributed by atoms with Crippen molar-refractivity contribution in [2.45, 2.75) is 0 Å². The zero-order valence-corrected chi connectivity index (χ0v) is 16.0. The first kappa shape index (κ1) is 18.4. The predicted molar refractivity (Wildman–Crippen MR) is 105 cm³/mol. The van der Waals surface area contributed by atoms with Gasteiger partial charge in [0, 0.05) is 27.0 Å². The summed E-state index contributed by atoms with van der Waals surface area (Å²) in [6.07, 6.45) is 3.05. The second-order valence-corrected chi connectivity index (χ2v) is 7.01. The molecule has 3 aromatic rings. The van der Waals surface area contributed by atoms with Gasteiger partial charge in [-0.3, -0.25) is 4.99 Å². The highest BCUT2D eigenvalue weighted by Gasteiger charge is 2.08. The van der Waals surface area contributed by atoms with Gasteiger partial charge in [0.25, 0.3) is 0 Å². The van der Waals surface area contributed by atoms with E-state index in [0.717, 1.165) is 21.8 Å². The third kappa shape index (κ3) is 4.23. The molecule has 1 aromatic heterocycles. The summed E-state index contributed by atoms with van der Waals surface area (Å²) in [4.78, 5) is 5.08. The molecule has 0 saturated carbocycles. The molecule has 0 amide bonds. The average molecular weight is 434 g/mol. The second-order valence-electron chi connectivity index (χ2n) is 5.26. The maximum absolute atomic E-state index is 13.9. The van der Waals surface area contributed by atoms with Crippen LogP contribution in [0.4, 0.5) is 8.78 Å². The molecule has 0 unspecified atom stereocenters. The van der Waals surface area contributed by atoms with Crippen LogP contribution in [-0.4, -0.2) is 17.4 Å².